The number of carbonyl (C=O) groups is 1. The summed E-state index contributed by atoms with van der Waals surface area (Å²) in [5.41, 5.74) is 2.38. The number of fused-ring (bicyclic) bond motifs is 3. The van der Waals surface area contributed by atoms with Crippen LogP contribution in [-0.4, -0.2) is 40.1 Å². The Morgan fingerprint density at radius 2 is 2.09 bits per heavy atom. The van der Waals surface area contributed by atoms with Crippen LogP contribution in [0, 0.1) is 6.92 Å². The Kier molecular flexibility index (Phi) is 3.34. The van der Waals surface area contributed by atoms with Crippen LogP contribution in [0.15, 0.2) is 24.3 Å². The Labute approximate surface area is 138 Å². The molecular formula is C16H16ClN5O. The van der Waals surface area contributed by atoms with E-state index in [9.17, 15) is 4.79 Å². The lowest BCUT2D eigenvalue weighted by molar-refractivity contribution is -0.120. The zero-order valence-corrected chi connectivity index (χ0v) is 13.5. The summed E-state index contributed by atoms with van der Waals surface area (Å²) >= 11 is 6.38. The van der Waals surface area contributed by atoms with E-state index in [1.807, 2.05) is 31.2 Å². The Morgan fingerprint density at radius 3 is 2.96 bits per heavy atom. The number of aryl methyl sites for hydroxylation is 1. The van der Waals surface area contributed by atoms with E-state index < -0.39 is 0 Å². The molecule has 1 amide bonds. The van der Waals surface area contributed by atoms with Crippen molar-refractivity contribution < 1.29 is 4.79 Å². The number of carbonyl (C=O) groups excluding carboxylic acids is 1. The van der Waals surface area contributed by atoms with Gasteiger partial charge in [0.2, 0.25) is 5.91 Å². The first-order valence-electron chi connectivity index (χ1n) is 7.60. The smallest absolute Gasteiger partial charge is 0.221 e. The minimum atomic E-state index is 0.0797. The van der Waals surface area contributed by atoms with Crippen LogP contribution in [0.2, 0.25) is 5.02 Å². The highest BCUT2D eigenvalue weighted by atomic mass is 35.5. The van der Waals surface area contributed by atoms with Crippen LogP contribution < -0.4 is 10.2 Å². The van der Waals surface area contributed by atoms with E-state index in [1.165, 1.54) is 0 Å². The van der Waals surface area contributed by atoms with Crippen molar-refractivity contribution in [2.75, 3.05) is 24.5 Å². The van der Waals surface area contributed by atoms with Gasteiger partial charge in [-0.15, -0.1) is 0 Å². The first kappa shape index (κ1) is 14.3. The fourth-order valence-corrected chi connectivity index (χ4v) is 3.15. The molecule has 1 fully saturated rings. The molecule has 1 aliphatic heterocycles. The average molecular weight is 330 g/mol. The summed E-state index contributed by atoms with van der Waals surface area (Å²) in [7, 11) is 0. The molecule has 0 spiro atoms. The molecule has 7 heteroatoms. The number of amides is 1. The second-order valence-electron chi connectivity index (χ2n) is 5.67. The van der Waals surface area contributed by atoms with Gasteiger partial charge in [0.05, 0.1) is 11.2 Å². The van der Waals surface area contributed by atoms with Gasteiger partial charge in [0.15, 0.2) is 5.65 Å². The molecule has 1 aromatic carbocycles. The van der Waals surface area contributed by atoms with Gasteiger partial charge in [0.25, 0.3) is 0 Å². The third-order valence-electron chi connectivity index (χ3n) is 4.16. The van der Waals surface area contributed by atoms with E-state index in [2.05, 4.69) is 15.3 Å². The van der Waals surface area contributed by atoms with E-state index in [-0.39, 0.29) is 5.91 Å². The largest absolute Gasteiger partial charge is 0.354 e. The highest BCUT2D eigenvalue weighted by Gasteiger charge is 2.20. The normalized spacial score (nSPS) is 15.9. The molecule has 0 unspecified atom stereocenters. The summed E-state index contributed by atoms with van der Waals surface area (Å²) in [5, 5.41) is 8.97. The highest BCUT2D eigenvalue weighted by molar-refractivity contribution is 6.34. The number of benzene rings is 1. The van der Waals surface area contributed by atoms with Crippen LogP contribution >= 0.6 is 11.6 Å². The molecular weight excluding hydrogens is 314 g/mol. The second-order valence-corrected chi connectivity index (χ2v) is 6.05. The van der Waals surface area contributed by atoms with Crippen LogP contribution in [0.5, 0.6) is 0 Å². The minimum Gasteiger partial charge on any atom is -0.354 e. The van der Waals surface area contributed by atoms with Gasteiger partial charge in [-0.25, -0.2) is 9.50 Å². The summed E-state index contributed by atoms with van der Waals surface area (Å²) in [6, 6.07) is 8.00. The van der Waals surface area contributed by atoms with Crippen molar-refractivity contribution in [3.05, 3.63) is 35.0 Å². The fourth-order valence-electron chi connectivity index (χ4n) is 2.99. The number of nitrogens with one attached hydrogen (secondary N) is 1. The second kappa shape index (κ2) is 5.38. The maximum absolute atomic E-state index is 11.6. The first-order valence-corrected chi connectivity index (χ1v) is 7.98. The molecule has 2 aromatic heterocycles. The van der Waals surface area contributed by atoms with Gasteiger partial charge in [-0.3, -0.25) is 4.79 Å². The van der Waals surface area contributed by atoms with Gasteiger partial charge < -0.3 is 10.2 Å². The number of aromatic nitrogens is 3. The Morgan fingerprint density at radius 1 is 1.26 bits per heavy atom. The van der Waals surface area contributed by atoms with E-state index in [4.69, 9.17) is 16.6 Å². The number of halogens is 1. The average Bonchev–Trinajstić information content (AvgIpc) is 2.73. The third-order valence-corrected chi connectivity index (χ3v) is 4.60. The van der Waals surface area contributed by atoms with Crippen molar-refractivity contribution in [1.82, 2.24) is 19.9 Å². The van der Waals surface area contributed by atoms with Crippen LogP contribution in [0.1, 0.15) is 12.1 Å². The van der Waals surface area contributed by atoms with Gasteiger partial charge in [-0.2, -0.15) is 5.10 Å². The van der Waals surface area contributed by atoms with Gasteiger partial charge >= 0.3 is 0 Å². The molecule has 0 atom stereocenters. The van der Waals surface area contributed by atoms with Crippen molar-refractivity contribution in [2.24, 2.45) is 0 Å². The molecule has 0 saturated carbocycles. The van der Waals surface area contributed by atoms with Crippen molar-refractivity contribution >= 4 is 39.9 Å². The van der Waals surface area contributed by atoms with E-state index in [0.717, 1.165) is 29.0 Å². The van der Waals surface area contributed by atoms with E-state index in [1.54, 1.807) is 4.52 Å². The molecule has 3 heterocycles. The lowest BCUT2D eigenvalue weighted by Crippen LogP contribution is -2.29. The Hall–Kier alpha value is -2.34. The molecule has 23 heavy (non-hydrogen) atoms. The van der Waals surface area contributed by atoms with Gasteiger partial charge in [0, 0.05) is 31.4 Å². The maximum Gasteiger partial charge on any atom is 0.221 e. The van der Waals surface area contributed by atoms with Crippen molar-refractivity contribution in [3.8, 4) is 0 Å². The number of hydrogen-bond acceptors (Lipinski definition) is 4. The van der Waals surface area contributed by atoms with Crippen LogP contribution in [0.4, 0.5) is 5.82 Å². The highest BCUT2D eigenvalue weighted by Crippen LogP contribution is 2.30. The predicted molar refractivity (Wildman–Crippen MR) is 90.1 cm³/mol. The van der Waals surface area contributed by atoms with Crippen LogP contribution in [-0.2, 0) is 4.79 Å². The van der Waals surface area contributed by atoms with Crippen LogP contribution in [0.3, 0.4) is 0 Å². The number of rotatable bonds is 1. The summed E-state index contributed by atoms with van der Waals surface area (Å²) in [4.78, 5) is 18.5. The lowest BCUT2D eigenvalue weighted by atomic mass is 10.2. The molecule has 4 rings (SSSR count). The number of nitrogens with zero attached hydrogens (tertiary/aromatic N) is 4. The lowest BCUT2D eigenvalue weighted by Gasteiger charge is -2.22. The summed E-state index contributed by atoms with van der Waals surface area (Å²) in [6.45, 7) is 3.86. The molecule has 0 radical (unpaired) electrons. The summed E-state index contributed by atoms with van der Waals surface area (Å²) < 4.78 is 1.79. The summed E-state index contributed by atoms with van der Waals surface area (Å²) in [5.74, 6) is 0.933. The molecule has 1 N–H and O–H groups in total. The quantitative estimate of drug-likeness (QED) is 0.743. The van der Waals surface area contributed by atoms with E-state index >= 15 is 0 Å². The van der Waals surface area contributed by atoms with Gasteiger partial charge in [-0.1, -0.05) is 23.7 Å². The monoisotopic (exact) mass is 329 g/mol. The number of hydrogen-bond donors (Lipinski definition) is 1. The number of para-hydroxylation sites is 1. The van der Waals surface area contributed by atoms with Crippen LogP contribution in [0.25, 0.3) is 16.6 Å². The van der Waals surface area contributed by atoms with Crippen molar-refractivity contribution in [1.29, 1.82) is 0 Å². The van der Waals surface area contributed by atoms with E-state index in [0.29, 0.717) is 30.2 Å². The zero-order valence-electron chi connectivity index (χ0n) is 12.7. The Balaban J connectivity index is 1.96. The molecule has 0 bridgehead atoms. The molecule has 6 nitrogen and oxygen atoms in total. The molecule has 118 valence electrons. The standard InChI is InChI=1S/C16H16ClN5O/c1-10-14(17)16-19-15(21-8-6-13(23)18-7-9-21)11-4-2-3-5-12(11)22(16)20-10/h2-5H,6-9H2,1H3,(H,18,23). The molecule has 1 aliphatic rings. The minimum absolute atomic E-state index is 0.0797. The van der Waals surface area contributed by atoms with Gasteiger partial charge in [-0.05, 0) is 19.1 Å². The fraction of sp³-hybridized carbons (Fsp3) is 0.312. The van der Waals surface area contributed by atoms with Crippen molar-refractivity contribution in [3.63, 3.8) is 0 Å². The number of anilines is 1. The SMILES string of the molecule is Cc1nn2c(nc(N3CCNC(=O)CC3)c3ccccc32)c1Cl. The van der Waals surface area contributed by atoms with Gasteiger partial charge in [0.1, 0.15) is 10.8 Å². The zero-order chi connectivity index (χ0) is 16.0. The predicted octanol–water partition coefficient (Wildman–Crippen LogP) is 2.17. The summed E-state index contributed by atoms with van der Waals surface area (Å²) in [6.07, 6.45) is 0.465. The Bertz CT molecular complexity index is 920. The van der Waals surface area contributed by atoms with Crippen molar-refractivity contribution in [2.45, 2.75) is 13.3 Å². The molecule has 3 aromatic rings. The first-order chi connectivity index (χ1) is 11.1. The molecule has 1 saturated heterocycles. The topological polar surface area (TPSA) is 62.5 Å². The third kappa shape index (κ3) is 2.30. The maximum atomic E-state index is 11.6. The molecule has 0 aliphatic carbocycles.